The van der Waals surface area contributed by atoms with Crippen LogP contribution in [0.15, 0.2) is 78.9 Å². The zero-order valence-electron chi connectivity index (χ0n) is 15.5. The average molecular weight is 412 g/mol. The maximum atomic E-state index is 12.4. The highest BCUT2D eigenvalue weighted by Crippen LogP contribution is 2.18. The van der Waals surface area contributed by atoms with Crippen molar-refractivity contribution < 1.29 is 14.7 Å². The fraction of sp³-hybridized carbons (Fsp3) is 0.0909. The number of carboxylic acid groups (broad SMARTS) is 1. The molecule has 0 saturated carbocycles. The van der Waals surface area contributed by atoms with E-state index in [0.717, 1.165) is 5.56 Å². The molecule has 0 aromatic heterocycles. The number of nitrogens with one attached hydrogen (secondary N) is 2. The molecule has 1 amide bonds. The first-order valence-electron chi connectivity index (χ1n) is 8.80. The molecule has 0 aliphatic rings. The van der Waals surface area contributed by atoms with Crippen LogP contribution in [0.3, 0.4) is 0 Å². The lowest BCUT2D eigenvalue weighted by molar-refractivity contribution is -0.139. The molecule has 0 fully saturated rings. The molecule has 3 aromatic carbocycles. The third kappa shape index (κ3) is 5.81. The van der Waals surface area contributed by atoms with Crippen LogP contribution < -0.4 is 16.4 Å². The van der Waals surface area contributed by atoms with Crippen molar-refractivity contribution in [2.45, 2.75) is 12.6 Å². The fourth-order valence-electron chi connectivity index (χ4n) is 2.79. The molecule has 150 valence electrons. The summed E-state index contributed by atoms with van der Waals surface area (Å²) in [5, 5.41) is 15.3. The first-order chi connectivity index (χ1) is 13.5. The van der Waals surface area contributed by atoms with Gasteiger partial charge in [-0.1, -0.05) is 54.6 Å². The molecule has 0 spiro atoms. The summed E-state index contributed by atoms with van der Waals surface area (Å²) < 4.78 is 0. The van der Waals surface area contributed by atoms with E-state index in [1.165, 1.54) is 0 Å². The summed E-state index contributed by atoms with van der Waals surface area (Å²) in [6, 6.07) is 22.2. The average Bonchev–Trinajstić information content (AvgIpc) is 2.71. The van der Waals surface area contributed by atoms with Gasteiger partial charge in [0, 0.05) is 12.1 Å². The summed E-state index contributed by atoms with van der Waals surface area (Å²) in [5.74, 6) is -1.20. The summed E-state index contributed by atoms with van der Waals surface area (Å²) in [6.07, 6.45) is 0. The predicted octanol–water partition coefficient (Wildman–Crippen LogP) is 3.86. The Morgan fingerprint density at radius 3 is 2.14 bits per heavy atom. The molecular weight excluding hydrogens is 390 g/mol. The normalized spacial score (nSPS) is 11.2. The lowest BCUT2D eigenvalue weighted by Crippen LogP contribution is -2.28. The third-order valence-electron chi connectivity index (χ3n) is 4.32. The van der Waals surface area contributed by atoms with Crippen molar-refractivity contribution in [1.82, 2.24) is 5.32 Å². The van der Waals surface area contributed by atoms with Crippen molar-refractivity contribution in [2.75, 3.05) is 11.1 Å². The van der Waals surface area contributed by atoms with Crippen LogP contribution in [0, 0.1) is 0 Å². The van der Waals surface area contributed by atoms with Crippen LogP contribution in [-0.2, 0) is 11.3 Å². The molecule has 0 bridgehead atoms. The number of rotatable bonds is 7. The highest BCUT2D eigenvalue weighted by molar-refractivity contribution is 6.05. The minimum absolute atomic E-state index is 0. The molecular formula is C22H22ClN3O3. The van der Waals surface area contributed by atoms with Crippen LogP contribution in [0.5, 0.6) is 0 Å². The van der Waals surface area contributed by atoms with Crippen molar-refractivity contribution >= 4 is 35.7 Å². The fourth-order valence-corrected chi connectivity index (χ4v) is 2.79. The van der Waals surface area contributed by atoms with E-state index in [2.05, 4.69) is 10.6 Å². The van der Waals surface area contributed by atoms with Gasteiger partial charge in [-0.3, -0.25) is 14.9 Å². The van der Waals surface area contributed by atoms with Gasteiger partial charge in [-0.2, -0.15) is 0 Å². The monoisotopic (exact) mass is 411 g/mol. The lowest BCUT2D eigenvalue weighted by atomic mass is 10.1. The van der Waals surface area contributed by atoms with Crippen molar-refractivity contribution in [1.29, 1.82) is 0 Å². The largest absolute Gasteiger partial charge is 0.480 e. The lowest BCUT2D eigenvalue weighted by Gasteiger charge is -2.15. The Bertz CT molecular complexity index is 963. The van der Waals surface area contributed by atoms with E-state index >= 15 is 0 Å². The minimum Gasteiger partial charge on any atom is -0.480 e. The Kier molecular flexibility index (Phi) is 7.77. The first kappa shape index (κ1) is 21.9. The van der Waals surface area contributed by atoms with E-state index < -0.39 is 12.0 Å². The number of hydrogen-bond acceptors (Lipinski definition) is 4. The minimum atomic E-state index is -0.942. The van der Waals surface area contributed by atoms with Crippen LogP contribution in [-0.4, -0.2) is 17.0 Å². The number of carboxylic acids is 1. The van der Waals surface area contributed by atoms with E-state index in [4.69, 9.17) is 5.73 Å². The molecule has 3 aromatic rings. The molecule has 3 rings (SSSR count). The highest BCUT2D eigenvalue weighted by Gasteiger charge is 2.18. The van der Waals surface area contributed by atoms with E-state index in [1.54, 1.807) is 72.8 Å². The molecule has 1 atom stereocenters. The van der Waals surface area contributed by atoms with Gasteiger partial charge in [-0.15, -0.1) is 12.4 Å². The van der Waals surface area contributed by atoms with Gasteiger partial charge in [0.15, 0.2) is 0 Å². The van der Waals surface area contributed by atoms with Gasteiger partial charge < -0.3 is 16.2 Å². The van der Waals surface area contributed by atoms with Crippen LogP contribution in [0.4, 0.5) is 11.4 Å². The number of halogens is 1. The van der Waals surface area contributed by atoms with Crippen LogP contribution in [0.2, 0.25) is 0 Å². The maximum Gasteiger partial charge on any atom is 0.325 e. The molecule has 0 aliphatic carbocycles. The molecule has 0 aliphatic heterocycles. The molecule has 29 heavy (non-hydrogen) atoms. The Balaban J connectivity index is 0.00000300. The highest BCUT2D eigenvalue weighted by atomic mass is 35.5. The number of nitrogen functional groups attached to an aromatic ring is 1. The second kappa shape index (κ2) is 10.3. The number of carbonyl (C=O) groups is 2. The Morgan fingerprint density at radius 2 is 1.52 bits per heavy atom. The predicted molar refractivity (Wildman–Crippen MR) is 116 cm³/mol. The van der Waals surface area contributed by atoms with Crippen LogP contribution in [0.25, 0.3) is 0 Å². The number of aliphatic carboxylic acids is 1. The SMILES string of the molecule is Cl.Nc1ccccc1NC(=O)c1ccc(CN[C@H](C(=O)O)c2ccccc2)cc1. The zero-order valence-corrected chi connectivity index (χ0v) is 16.4. The number of benzene rings is 3. The number of carbonyl (C=O) groups excluding carboxylic acids is 1. The van der Waals surface area contributed by atoms with E-state index in [1.807, 2.05) is 6.07 Å². The summed E-state index contributed by atoms with van der Waals surface area (Å²) >= 11 is 0. The van der Waals surface area contributed by atoms with Gasteiger partial charge >= 0.3 is 5.97 Å². The number of anilines is 2. The third-order valence-corrected chi connectivity index (χ3v) is 4.32. The van der Waals surface area contributed by atoms with Gasteiger partial charge in [0.2, 0.25) is 0 Å². The quantitative estimate of drug-likeness (QED) is 0.442. The van der Waals surface area contributed by atoms with Gasteiger partial charge in [-0.25, -0.2) is 0 Å². The molecule has 6 nitrogen and oxygen atoms in total. The zero-order chi connectivity index (χ0) is 19.9. The topological polar surface area (TPSA) is 104 Å². The molecule has 0 unspecified atom stereocenters. The number of nitrogens with two attached hydrogens (primary N) is 1. The van der Waals surface area contributed by atoms with Crippen molar-refractivity contribution in [2.24, 2.45) is 0 Å². The molecule has 0 heterocycles. The first-order valence-corrected chi connectivity index (χ1v) is 8.80. The number of hydrogen-bond donors (Lipinski definition) is 4. The second-order valence-corrected chi connectivity index (χ2v) is 6.30. The summed E-state index contributed by atoms with van der Waals surface area (Å²) in [6.45, 7) is 0.361. The van der Waals surface area contributed by atoms with Crippen molar-refractivity contribution in [3.05, 3.63) is 95.6 Å². The van der Waals surface area contributed by atoms with Gasteiger partial charge in [0.05, 0.1) is 11.4 Å². The maximum absolute atomic E-state index is 12.4. The Morgan fingerprint density at radius 1 is 0.897 bits per heavy atom. The molecule has 7 heteroatoms. The summed E-state index contributed by atoms with van der Waals surface area (Å²) in [5.41, 5.74) is 8.95. The van der Waals surface area contributed by atoms with E-state index in [9.17, 15) is 14.7 Å². The summed E-state index contributed by atoms with van der Waals surface area (Å²) in [7, 11) is 0. The van der Waals surface area contributed by atoms with Crippen LogP contribution >= 0.6 is 12.4 Å². The standard InChI is InChI=1S/C22H21N3O3.ClH/c23-18-8-4-5-9-19(18)25-21(26)17-12-10-15(11-13-17)14-24-20(22(27)28)16-6-2-1-3-7-16;/h1-13,20,24H,14,23H2,(H,25,26)(H,27,28);1H/t20-;/m0./s1. The summed E-state index contributed by atoms with van der Waals surface area (Å²) in [4.78, 5) is 23.9. The smallest absolute Gasteiger partial charge is 0.325 e. The van der Waals surface area contributed by atoms with Gasteiger partial charge in [0.1, 0.15) is 6.04 Å². The van der Waals surface area contributed by atoms with Crippen LogP contribution in [0.1, 0.15) is 27.5 Å². The van der Waals surface area contributed by atoms with E-state index in [-0.39, 0.29) is 18.3 Å². The van der Waals surface area contributed by atoms with Gasteiger partial charge in [0.25, 0.3) is 5.91 Å². The number of amides is 1. The number of para-hydroxylation sites is 2. The van der Waals surface area contributed by atoms with E-state index in [0.29, 0.717) is 29.0 Å². The molecule has 5 N–H and O–H groups in total. The molecule has 0 radical (unpaired) electrons. The van der Waals surface area contributed by atoms with Gasteiger partial charge in [-0.05, 0) is 35.4 Å². The van der Waals surface area contributed by atoms with Crippen molar-refractivity contribution in [3.63, 3.8) is 0 Å². The molecule has 0 saturated heterocycles. The van der Waals surface area contributed by atoms with Crippen molar-refractivity contribution in [3.8, 4) is 0 Å². The second-order valence-electron chi connectivity index (χ2n) is 6.30. The Hall–Kier alpha value is -3.35. The Labute approximate surface area is 175 Å².